The van der Waals surface area contributed by atoms with Gasteiger partial charge in [0.25, 0.3) is 0 Å². The van der Waals surface area contributed by atoms with E-state index in [1.54, 1.807) is 5.57 Å². The van der Waals surface area contributed by atoms with Gasteiger partial charge in [-0.1, -0.05) is 24.1 Å². The van der Waals surface area contributed by atoms with Gasteiger partial charge >= 0.3 is 0 Å². The number of rotatable bonds is 5. The molecule has 1 unspecified atom stereocenters. The van der Waals surface area contributed by atoms with Gasteiger partial charge in [-0.25, -0.2) is 0 Å². The molecule has 0 radical (unpaired) electrons. The maximum absolute atomic E-state index is 4.18. The lowest BCUT2D eigenvalue weighted by Gasteiger charge is -2.19. The fourth-order valence-electron chi connectivity index (χ4n) is 2.73. The number of nitrogens with zero attached hydrogens (tertiary/aromatic N) is 1. The van der Waals surface area contributed by atoms with Gasteiger partial charge in [0.1, 0.15) is 0 Å². The predicted molar refractivity (Wildman–Crippen MR) is 76.6 cm³/mol. The van der Waals surface area contributed by atoms with Gasteiger partial charge < -0.3 is 5.32 Å². The fraction of sp³-hybridized carbons (Fsp3) is 0.562. The number of hydrogen-bond acceptors (Lipinski definition) is 2. The zero-order valence-electron chi connectivity index (χ0n) is 11.4. The minimum Gasteiger partial charge on any atom is -0.313 e. The monoisotopic (exact) mass is 244 g/mol. The van der Waals surface area contributed by atoms with Gasteiger partial charge in [-0.05, 0) is 57.2 Å². The average Bonchev–Trinajstić information content (AvgIpc) is 2.70. The molecule has 18 heavy (non-hydrogen) atoms. The first-order valence-corrected chi connectivity index (χ1v) is 7.15. The van der Waals surface area contributed by atoms with Crippen LogP contribution in [0.15, 0.2) is 36.2 Å². The zero-order chi connectivity index (χ0) is 12.6. The summed E-state index contributed by atoms with van der Waals surface area (Å²) in [6.07, 6.45) is 15.2. The van der Waals surface area contributed by atoms with Gasteiger partial charge in [-0.15, -0.1) is 0 Å². The molecule has 1 atom stereocenters. The summed E-state index contributed by atoms with van der Waals surface area (Å²) in [4.78, 5) is 4.18. The second kappa shape index (κ2) is 7.32. The van der Waals surface area contributed by atoms with Crippen molar-refractivity contribution < 1.29 is 0 Å². The van der Waals surface area contributed by atoms with E-state index in [1.807, 2.05) is 18.5 Å². The van der Waals surface area contributed by atoms with Crippen molar-refractivity contribution >= 4 is 0 Å². The maximum atomic E-state index is 4.18. The van der Waals surface area contributed by atoms with Gasteiger partial charge in [-0.2, -0.15) is 0 Å². The summed E-state index contributed by atoms with van der Waals surface area (Å²) in [5.41, 5.74) is 2.96. The Kier molecular flexibility index (Phi) is 5.40. The number of pyridine rings is 1. The normalized spacial score (nSPS) is 17.9. The van der Waals surface area contributed by atoms with Crippen molar-refractivity contribution in [2.75, 3.05) is 7.05 Å². The fourth-order valence-corrected chi connectivity index (χ4v) is 2.73. The van der Waals surface area contributed by atoms with Crippen molar-refractivity contribution in [1.29, 1.82) is 0 Å². The number of likely N-dealkylation sites (N-methyl/N-ethyl adjacent to an activating group) is 1. The number of nitrogens with one attached hydrogen (secondary N) is 1. The lowest BCUT2D eigenvalue weighted by molar-refractivity contribution is 0.561. The molecule has 0 saturated heterocycles. The second-order valence-electron chi connectivity index (χ2n) is 5.12. The molecule has 0 spiro atoms. The van der Waals surface area contributed by atoms with Crippen LogP contribution in [0.5, 0.6) is 0 Å². The topological polar surface area (TPSA) is 24.9 Å². The average molecular weight is 244 g/mol. The number of aromatic nitrogens is 1. The van der Waals surface area contributed by atoms with Crippen molar-refractivity contribution in [2.45, 2.75) is 51.0 Å². The molecular weight excluding hydrogens is 220 g/mol. The summed E-state index contributed by atoms with van der Waals surface area (Å²) >= 11 is 0. The van der Waals surface area contributed by atoms with E-state index in [-0.39, 0.29) is 0 Å². The van der Waals surface area contributed by atoms with Crippen molar-refractivity contribution in [3.05, 3.63) is 41.7 Å². The van der Waals surface area contributed by atoms with Gasteiger partial charge in [0.05, 0.1) is 0 Å². The molecule has 2 heteroatoms. The zero-order valence-corrected chi connectivity index (χ0v) is 11.4. The third kappa shape index (κ3) is 3.95. The molecule has 98 valence electrons. The van der Waals surface area contributed by atoms with Gasteiger partial charge in [0, 0.05) is 18.4 Å². The van der Waals surface area contributed by atoms with Gasteiger partial charge in [-0.3, -0.25) is 4.98 Å². The van der Waals surface area contributed by atoms with E-state index in [0.29, 0.717) is 6.04 Å². The lowest BCUT2D eigenvalue weighted by atomic mass is 9.96. The Hall–Kier alpha value is -1.15. The molecule has 1 aromatic rings. The van der Waals surface area contributed by atoms with Crippen LogP contribution >= 0.6 is 0 Å². The maximum Gasteiger partial charge on any atom is 0.0299 e. The summed E-state index contributed by atoms with van der Waals surface area (Å²) in [5, 5.41) is 3.48. The standard InChI is InChI=1S/C16H24N2/c1-17-16(15-8-4-2-3-5-9-15)11-10-14-7-6-12-18-13-14/h6-8,12-13,16-17H,2-5,9-11H2,1H3. The van der Waals surface area contributed by atoms with E-state index in [1.165, 1.54) is 44.1 Å². The van der Waals surface area contributed by atoms with E-state index >= 15 is 0 Å². The number of allylic oxidation sites excluding steroid dienone is 1. The summed E-state index contributed by atoms with van der Waals surface area (Å²) < 4.78 is 0. The van der Waals surface area contributed by atoms with Crippen LogP contribution in [0.2, 0.25) is 0 Å². The summed E-state index contributed by atoms with van der Waals surface area (Å²) in [6.45, 7) is 0. The van der Waals surface area contributed by atoms with Crippen LogP contribution < -0.4 is 5.32 Å². The Morgan fingerprint density at radius 3 is 3.06 bits per heavy atom. The molecule has 0 aromatic carbocycles. The van der Waals surface area contributed by atoms with Crippen LogP contribution in [-0.2, 0) is 6.42 Å². The first-order valence-electron chi connectivity index (χ1n) is 7.15. The highest BCUT2D eigenvalue weighted by Crippen LogP contribution is 2.22. The summed E-state index contributed by atoms with van der Waals surface area (Å²) in [6, 6.07) is 4.74. The van der Waals surface area contributed by atoms with Crippen LogP contribution in [0, 0.1) is 0 Å². The first-order chi connectivity index (χ1) is 8.90. The van der Waals surface area contributed by atoms with Gasteiger partial charge in [0.2, 0.25) is 0 Å². The summed E-state index contributed by atoms with van der Waals surface area (Å²) in [7, 11) is 2.08. The van der Waals surface area contributed by atoms with Crippen molar-refractivity contribution in [1.82, 2.24) is 10.3 Å². The Morgan fingerprint density at radius 2 is 2.28 bits per heavy atom. The molecule has 0 saturated carbocycles. The lowest BCUT2D eigenvalue weighted by Crippen LogP contribution is -2.28. The minimum atomic E-state index is 0.545. The van der Waals surface area contributed by atoms with Crippen LogP contribution in [0.4, 0.5) is 0 Å². The Balaban J connectivity index is 1.90. The largest absolute Gasteiger partial charge is 0.313 e. The molecule has 0 aliphatic heterocycles. The third-order valence-electron chi connectivity index (χ3n) is 3.82. The van der Waals surface area contributed by atoms with Crippen molar-refractivity contribution in [3.63, 3.8) is 0 Å². The Morgan fingerprint density at radius 1 is 1.33 bits per heavy atom. The quantitative estimate of drug-likeness (QED) is 0.802. The van der Waals surface area contributed by atoms with Crippen LogP contribution in [-0.4, -0.2) is 18.1 Å². The van der Waals surface area contributed by atoms with Gasteiger partial charge in [0.15, 0.2) is 0 Å². The molecule has 1 aliphatic carbocycles. The van der Waals surface area contributed by atoms with Crippen molar-refractivity contribution in [3.8, 4) is 0 Å². The molecule has 1 N–H and O–H groups in total. The van der Waals surface area contributed by atoms with E-state index in [4.69, 9.17) is 0 Å². The highest BCUT2D eigenvalue weighted by atomic mass is 14.9. The Bertz CT molecular complexity index is 370. The van der Waals surface area contributed by atoms with E-state index in [2.05, 4.69) is 29.5 Å². The van der Waals surface area contributed by atoms with E-state index in [0.717, 1.165) is 6.42 Å². The van der Waals surface area contributed by atoms with Crippen LogP contribution in [0.3, 0.4) is 0 Å². The number of aryl methyl sites for hydroxylation is 1. The molecule has 0 bridgehead atoms. The van der Waals surface area contributed by atoms with E-state index in [9.17, 15) is 0 Å². The molecule has 1 aliphatic rings. The van der Waals surface area contributed by atoms with Crippen LogP contribution in [0.1, 0.15) is 44.1 Å². The molecule has 0 amide bonds. The van der Waals surface area contributed by atoms with E-state index < -0.39 is 0 Å². The van der Waals surface area contributed by atoms with Crippen molar-refractivity contribution in [2.24, 2.45) is 0 Å². The number of hydrogen-bond donors (Lipinski definition) is 1. The molecule has 2 nitrogen and oxygen atoms in total. The molecular formula is C16H24N2. The highest BCUT2D eigenvalue weighted by molar-refractivity contribution is 5.15. The van der Waals surface area contributed by atoms with Crippen LogP contribution in [0.25, 0.3) is 0 Å². The molecule has 1 heterocycles. The first kappa shape index (κ1) is 13.3. The molecule has 1 aromatic heterocycles. The predicted octanol–water partition coefficient (Wildman–Crippen LogP) is 3.49. The summed E-state index contributed by atoms with van der Waals surface area (Å²) in [5.74, 6) is 0. The molecule has 2 rings (SSSR count). The minimum absolute atomic E-state index is 0.545. The third-order valence-corrected chi connectivity index (χ3v) is 3.82. The SMILES string of the molecule is CNC(CCc1cccnc1)C1=CCCCCC1. The highest BCUT2D eigenvalue weighted by Gasteiger charge is 2.13. The molecule has 0 fully saturated rings. The Labute approximate surface area is 111 Å². The smallest absolute Gasteiger partial charge is 0.0299 e. The second-order valence-corrected chi connectivity index (χ2v) is 5.12.